The summed E-state index contributed by atoms with van der Waals surface area (Å²) in [4.78, 5) is 4.37. The summed E-state index contributed by atoms with van der Waals surface area (Å²) in [5, 5.41) is 5.04. The van der Waals surface area contributed by atoms with Crippen LogP contribution in [0.25, 0.3) is 10.9 Å². The molecule has 0 unspecified atom stereocenters. The maximum Gasteiger partial charge on any atom is 0.264 e. The number of fused-ring (bicyclic) bond motifs is 1. The summed E-state index contributed by atoms with van der Waals surface area (Å²) >= 11 is 0. The minimum Gasteiger partial charge on any atom is -0.276 e. The monoisotopic (exact) mass is 378 g/mol. The summed E-state index contributed by atoms with van der Waals surface area (Å²) in [6, 6.07) is 16.7. The smallest absolute Gasteiger partial charge is 0.264 e. The highest BCUT2D eigenvalue weighted by Gasteiger charge is 2.19. The third-order valence-corrected chi connectivity index (χ3v) is 5.78. The van der Waals surface area contributed by atoms with Gasteiger partial charge in [-0.25, -0.2) is 8.42 Å². The second-order valence-electron chi connectivity index (χ2n) is 6.29. The van der Waals surface area contributed by atoms with Gasteiger partial charge in [-0.1, -0.05) is 42.5 Å². The molecule has 4 aromatic rings. The van der Waals surface area contributed by atoms with Gasteiger partial charge in [0.15, 0.2) is 0 Å². The lowest BCUT2D eigenvalue weighted by atomic mass is 10.1. The van der Waals surface area contributed by atoms with E-state index in [2.05, 4.69) is 14.8 Å². The zero-order valence-corrected chi connectivity index (χ0v) is 15.5. The topological polar surface area (TPSA) is 76.9 Å². The Bertz CT molecular complexity index is 1210. The highest BCUT2D eigenvalue weighted by atomic mass is 32.2. The van der Waals surface area contributed by atoms with Crippen LogP contribution >= 0.6 is 0 Å². The number of hydrogen-bond acceptors (Lipinski definition) is 4. The van der Waals surface area contributed by atoms with Gasteiger partial charge in [-0.05, 0) is 30.2 Å². The summed E-state index contributed by atoms with van der Waals surface area (Å²) in [5.74, 6) is 0. The van der Waals surface area contributed by atoms with Crippen LogP contribution in [0.4, 0.5) is 5.69 Å². The van der Waals surface area contributed by atoms with Gasteiger partial charge in [0, 0.05) is 17.8 Å². The number of sulfonamides is 1. The number of nitrogens with zero attached hydrogens (tertiary/aromatic N) is 3. The number of benzene rings is 2. The normalized spacial score (nSPS) is 11.6. The molecule has 0 aliphatic heterocycles. The van der Waals surface area contributed by atoms with Gasteiger partial charge in [0.1, 0.15) is 4.90 Å². The van der Waals surface area contributed by atoms with E-state index in [1.807, 2.05) is 43.3 Å². The number of aromatic nitrogens is 3. The molecule has 0 bridgehead atoms. The van der Waals surface area contributed by atoms with Crippen molar-refractivity contribution in [3.8, 4) is 0 Å². The Morgan fingerprint density at radius 1 is 1.04 bits per heavy atom. The standard InChI is InChI=1S/C20H18N4O2S/c1-15-6-2-3-7-17(15)13-24-14-18(12-22-24)23-27(25,26)19-10-4-8-16-9-5-11-21-20(16)19/h2-12,14,23H,13H2,1H3. The van der Waals surface area contributed by atoms with Crippen LogP contribution in [0.15, 0.2) is 78.1 Å². The van der Waals surface area contributed by atoms with Crippen molar-refractivity contribution in [2.45, 2.75) is 18.4 Å². The van der Waals surface area contributed by atoms with Crippen molar-refractivity contribution in [2.24, 2.45) is 0 Å². The number of pyridine rings is 1. The molecule has 0 fully saturated rings. The summed E-state index contributed by atoms with van der Waals surface area (Å²) in [6.07, 6.45) is 4.78. The Hall–Kier alpha value is -3.19. The molecule has 6 nitrogen and oxygen atoms in total. The lowest BCUT2D eigenvalue weighted by Crippen LogP contribution is -2.13. The van der Waals surface area contributed by atoms with Gasteiger partial charge < -0.3 is 0 Å². The molecule has 4 rings (SSSR count). The fourth-order valence-corrected chi connectivity index (χ4v) is 4.18. The molecule has 0 aliphatic rings. The third-order valence-electron chi connectivity index (χ3n) is 4.36. The van der Waals surface area contributed by atoms with Crippen LogP contribution in [-0.2, 0) is 16.6 Å². The van der Waals surface area contributed by atoms with E-state index in [-0.39, 0.29) is 4.90 Å². The highest BCUT2D eigenvalue weighted by Crippen LogP contribution is 2.23. The third kappa shape index (κ3) is 3.54. The van der Waals surface area contributed by atoms with Gasteiger partial charge in [0.25, 0.3) is 10.0 Å². The van der Waals surface area contributed by atoms with E-state index in [0.29, 0.717) is 17.7 Å². The lowest BCUT2D eigenvalue weighted by molar-refractivity contribution is 0.602. The van der Waals surface area contributed by atoms with Gasteiger partial charge in [-0.15, -0.1) is 0 Å². The van der Waals surface area contributed by atoms with Crippen LogP contribution in [0.2, 0.25) is 0 Å². The highest BCUT2D eigenvalue weighted by molar-refractivity contribution is 7.93. The Kier molecular flexibility index (Phi) is 4.37. The van der Waals surface area contributed by atoms with Crippen LogP contribution in [0.5, 0.6) is 0 Å². The SMILES string of the molecule is Cc1ccccc1Cn1cc(NS(=O)(=O)c2cccc3cccnc23)cn1. The van der Waals surface area contributed by atoms with Crippen molar-refractivity contribution in [3.63, 3.8) is 0 Å². The zero-order valence-electron chi connectivity index (χ0n) is 14.7. The molecule has 2 aromatic carbocycles. The average molecular weight is 378 g/mol. The first-order chi connectivity index (χ1) is 13.0. The van der Waals surface area contributed by atoms with Crippen LogP contribution < -0.4 is 4.72 Å². The molecule has 0 amide bonds. The van der Waals surface area contributed by atoms with E-state index in [1.54, 1.807) is 35.3 Å². The summed E-state index contributed by atoms with van der Waals surface area (Å²) in [5.41, 5.74) is 3.15. The van der Waals surface area contributed by atoms with Crippen LogP contribution in [0, 0.1) is 6.92 Å². The number of anilines is 1. The largest absolute Gasteiger partial charge is 0.276 e. The van der Waals surface area contributed by atoms with E-state index in [4.69, 9.17) is 0 Å². The molecule has 0 spiro atoms. The number of nitrogens with one attached hydrogen (secondary N) is 1. The first kappa shape index (κ1) is 17.2. The maximum absolute atomic E-state index is 12.8. The van der Waals surface area contributed by atoms with Crippen molar-refractivity contribution >= 4 is 26.6 Å². The van der Waals surface area contributed by atoms with Crippen molar-refractivity contribution in [2.75, 3.05) is 4.72 Å². The second-order valence-corrected chi connectivity index (χ2v) is 7.94. The molecular formula is C20H18N4O2S. The number of para-hydroxylation sites is 1. The van der Waals surface area contributed by atoms with E-state index in [9.17, 15) is 8.42 Å². The van der Waals surface area contributed by atoms with E-state index in [0.717, 1.165) is 16.5 Å². The number of rotatable bonds is 5. The molecule has 1 N–H and O–H groups in total. The number of aryl methyl sites for hydroxylation is 1. The molecule has 0 atom stereocenters. The lowest BCUT2D eigenvalue weighted by Gasteiger charge is -2.08. The van der Waals surface area contributed by atoms with Crippen molar-refractivity contribution in [1.82, 2.24) is 14.8 Å². The van der Waals surface area contributed by atoms with Crippen molar-refractivity contribution < 1.29 is 8.42 Å². The second kappa shape index (κ2) is 6.85. The molecule has 0 radical (unpaired) electrons. The molecule has 0 saturated carbocycles. The molecular weight excluding hydrogens is 360 g/mol. The molecule has 2 heterocycles. The van der Waals surface area contributed by atoms with E-state index < -0.39 is 10.0 Å². The van der Waals surface area contributed by atoms with Gasteiger partial charge >= 0.3 is 0 Å². The number of hydrogen-bond donors (Lipinski definition) is 1. The van der Waals surface area contributed by atoms with Crippen molar-refractivity contribution in [3.05, 3.63) is 84.3 Å². The minimum atomic E-state index is -3.77. The fraction of sp³-hybridized carbons (Fsp3) is 0.100. The summed E-state index contributed by atoms with van der Waals surface area (Å²) < 4.78 is 30.0. The molecule has 2 aromatic heterocycles. The maximum atomic E-state index is 12.8. The molecule has 0 aliphatic carbocycles. The average Bonchev–Trinajstić information content (AvgIpc) is 3.09. The van der Waals surface area contributed by atoms with Crippen LogP contribution in [0.3, 0.4) is 0 Å². The predicted octanol–water partition coefficient (Wildman–Crippen LogP) is 3.59. The van der Waals surface area contributed by atoms with Gasteiger partial charge in [-0.3, -0.25) is 14.4 Å². The molecule has 27 heavy (non-hydrogen) atoms. The van der Waals surface area contributed by atoms with Crippen LogP contribution in [-0.4, -0.2) is 23.2 Å². The quantitative estimate of drug-likeness (QED) is 0.576. The first-order valence-corrected chi connectivity index (χ1v) is 9.95. The Morgan fingerprint density at radius 2 is 1.85 bits per heavy atom. The fourth-order valence-electron chi connectivity index (χ4n) is 2.97. The van der Waals surface area contributed by atoms with E-state index in [1.165, 1.54) is 6.20 Å². The Balaban J connectivity index is 1.60. The van der Waals surface area contributed by atoms with Crippen LogP contribution in [0.1, 0.15) is 11.1 Å². The van der Waals surface area contributed by atoms with Gasteiger partial charge in [0.05, 0.1) is 23.9 Å². The zero-order chi connectivity index (χ0) is 18.9. The van der Waals surface area contributed by atoms with E-state index >= 15 is 0 Å². The van der Waals surface area contributed by atoms with Crippen molar-refractivity contribution in [1.29, 1.82) is 0 Å². The summed E-state index contributed by atoms with van der Waals surface area (Å²) in [7, 11) is -3.77. The van der Waals surface area contributed by atoms with Gasteiger partial charge in [-0.2, -0.15) is 5.10 Å². The molecule has 7 heteroatoms. The minimum absolute atomic E-state index is 0.146. The Morgan fingerprint density at radius 3 is 2.70 bits per heavy atom. The Labute approximate surface area is 157 Å². The predicted molar refractivity (Wildman–Crippen MR) is 105 cm³/mol. The molecule has 0 saturated heterocycles. The van der Waals surface area contributed by atoms with Gasteiger partial charge in [0.2, 0.25) is 0 Å². The first-order valence-electron chi connectivity index (χ1n) is 8.46. The molecule has 136 valence electrons. The summed E-state index contributed by atoms with van der Waals surface area (Å²) in [6.45, 7) is 2.61.